The highest BCUT2D eigenvalue weighted by Gasteiger charge is 2.24. The van der Waals surface area contributed by atoms with Crippen LogP contribution in [0.4, 0.5) is 5.69 Å². The van der Waals surface area contributed by atoms with E-state index in [1.807, 2.05) is 55.5 Å². The van der Waals surface area contributed by atoms with Crippen LogP contribution in [0, 0.1) is 6.92 Å². The van der Waals surface area contributed by atoms with Crippen LogP contribution >= 0.6 is 0 Å². The van der Waals surface area contributed by atoms with Gasteiger partial charge in [0.2, 0.25) is 5.91 Å². The van der Waals surface area contributed by atoms with Gasteiger partial charge in [0, 0.05) is 13.2 Å². The van der Waals surface area contributed by atoms with Gasteiger partial charge in [-0.1, -0.05) is 36.4 Å². The number of hydrogen-bond donors (Lipinski definition) is 2. The van der Waals surface area contributed by atoms with E-state index in [4.69, 9.17) is 9.47 Å². The van der Waals surface area contributed by atoms with E-state index in [1.54, 1.807) is 7.11 Å². The monoisotopic (exact) mass is 354 g/mol. The SMILES string of the molecule is COc1ccc(C)cc1NC(=O)[C@@H](NC[C@H]1CCCO1)c1ccccc1. The van der Waals surface area contributed by atoms with Gasteiger partial charge in [-0.3, -0.25) is 10.1 Å². The fourth-order valence-electron chi connectivity index (χ4n) is 3.19. The van der Waals surface area contributed by atoms with E-state index >= 15 is 0 Å². The molecular formula is C21H26N2O3. The maximum atomic E-state index is 13.0. The number of methoxy groups -OCH3 is 1. The molecule has 0 bridgehead atoms. The van der Waals surface area contributed by atoms with Gasteiger partial charge >= 0.3 is 0 Å². The lowest BCUT2D eigenvalue weighted by atomic mass is 10.1. The predicted octanol–water partition coefficient (Wildman–Crippen LogP) is 3.45. The molecule has 3 rings (SSSR count). The van der Waals surface area contributed by atoms with Crippen molar-refractivity contribution >= 4 is 11.6 Å². The van der Waals surface area contributed by atoms with E-state index in [-0.39, 0.29) is 12.0 Å². The first kappa shape index (κ1) is 18.4. The van der Waals surface area contributed by atoms with E-state index in [9.17, 15) is 4.79 Å². The minimum absolute atomic E-state index is 0.113. The number of benzene rings is 2. The van der Waals surface area contributed by atoms with Gasteiger partial charge in [-0.25, -0.2) is 0 Å². The van der Waals surface area contributed by atoms with Crippen molar-refractivity contribution in [1.82, 2.24) is 5.32 Å². The Labute approximate surface area is 154 Å². The summed E-state index contributed by atoms with van der Waals surface area (Å²) in [7, 11) is 1.60. The number of rotatable bonds is 7. The van der Waals surface area contributed by atoms with Crippen molar-refractivity contribution in [3.05, 3.63) is 59.7 Å². The molecule has 2 atom stereocenters. The molecule has 2 N–H and O–H groups in total. The van der Waals surface area contributed by atoms with Crippen molar-refractivity contribution in [3.63, 3.8) is 0 Å². The van der Waals surface area contributed by atoms with Gasteiger partial charge in [-0.05, 0) is 43.0 Å². The first-order chi connectivity index (χ1) is 12.7. The van der Waals surface area contributed by atoms with E-state index < -0.39 is 6.04 Å². The molecule has 26 heavy (non-hydrogen) atoms. The summed E-state index contributed by atoms with van der Waals surface area (Å²) in [6.45, 7) is 3.44. The van der Waals surface area contributed by atoms with Gasteiger partial charge in [-0.2, -0.15) is 0 Å². The maximum absolute atomic E-state index is 13.0. The second-order valence-electron chi connectivity index (χ2n) is 6.58. The highest BCUT2D eigenvalue weighted by molar-refractivity contribution is 5.96. The van der Waals surface area contributed by atoms with Crippen LogP contribution in [-0.2, 0) is 9.53 Å². The lowest BCUT2D eigenvalue weighted by molar-refractivity contribution is -0.118. The Bertz CT molecular complexity index is 727. The number of nitrogens with one attached hydrogen (secondary N) is 2. The molecule has 0 aromatic heterocycles. The van der Waals surface area contributed by atoms with E-state index in [0.717, 1.165) is 30.6 Å². The van der Waals surface area contributed by atoms with Crippen LogP contribution in [0.2, 0.25) is 0 Å². The Morgan fingerprint density at radius 1 is 1.27 bits per heavy atom. The van der Waals surface area contributed by atoms with Gasteiger partial charge in [0.1, 0.15) is 11.8 Å². The molecular weight excluding hydrogens is 328 g/mol. The second kappa shape index (κ2) is 8.83. The van der Waals surface area contributed by atoms with Crippen molar-refractivity contribution in [1.29, 1.82) is 0 Å². The summed E-state index contributed by atoms with van der Waals surface area (Å²) in [5, 5.41) is 6.38. The Kier molecular flexibility index (Phi) is 6.26. The minimum atomic E-state index is -0.453. The standard InChI is InChI=1S/C21H26N2O3/c1-15-10-11-19(25-2)18(13-15)23-21(24)20(16-7-4-3-5-8-16)22-14-17-9-6-12-26-17/h3-5,7-8,10-11,13,17,20,22H,6,9,12,14H2,1-2H3,(H,23,24)/t17-,20+/m1/s1. The molecule has 138 valence electrons. The second-order valence-corrected chi connectivity index (χ2v) is 6.58. The van der Waals surface area contributed by atoms with Crippen LogP contribution < -0.4 is 15.4 Å². The van der Waals surface area contributed by atoms with Crippen LogP contribution in [-0.4, -0.2) is 32.3 Å². The number of aryl methyl sites for hydroxylation is 1. The van der Waals surface area contributed by atoms with Gasteiger partial charge in [0.15, 0.2) is 0 Å². The Morgan fingerprint density at radius 3 is 2.77 bits per heavy atom. The molecule has 1 saturated heterocycles. The molecule has 1 aliphatic rings. The number of ether oxygens (including phenoxy) is 2. The molecule has 1 aliphatic heterocycles. The summed E-state index contributed by atoms with van der Waals surface area (Å²) in [6, 6.07) is 15.0. The van der Waals surface area contributed by atoms with Crippen molar-refractivity contribution in [2.24, 2.45) is 0 Å². The lowest BCUT2D eigenvalue weighted by Crippen LogP contribution is -2.37. The zero-order valence-corrected chi connectivity index (χ0v) is 15.3. The Balaban J connectivity index is 1.77. The molecule has 1 amide bonds. The van der Waals surface area contributed by atoms with Crippen LogP contribution in [0.25, 0.3) is 0 Å². The molecule has 0 spiro atoms. The summed E-state index contributed by atoms with van der Waals surface area (Å²) in [6.07, 6.45) is 2.28. The number of carbonyl (C=O) groups excluding carboxylic acids is 1. The van der Waals surface area contributed by atoms with Gasteiger partial charge in [-0.15, -0.1) is 0 Å². The largest absolute Gasteiger partial charge is 0.495 e. The smallest absolute Gasteiger partial charge is 0.246 e. The highest BCUT2D eigenvalue weighted by Crippen LogP contribution is 2.27. The molecule has 0 radical (unpaired) electrons. The maximum Gasteiger partial charge on any atom is 0.246 e. The van der Waals surface area contributed by atoms with Crippen molar-refractivity contribution in [2.45, 2.75) is 31.9 Å². The molecule has 1 fully saturated rings. The van der Waals surface area contributed by atoms with Crippen molar-refractivity contribution in [2.75, 3.05) is 25.6 Å². The normalized spacial score (nSPS) is 17.7. The summed E-state index contributed by atoms with van der Waals surface area (Å²) in [5.74, 6) is 0.535. The first-order valence-corrected chi connectivity index (χ1v) is 9.03. The summed E-state index contributed by atoms with van der Waals surface area (Å²) >= 11 is 0. The molecule has 1 heterocycles. The third kappa shape index (κ3) is 4.62. The van der Waals surface area contributed by atoms with E-state index in [2.05, 4.69) is 10.6 Å². The molecule has 5 nitrogen and oxygen atoms in total. The van der Waals surface area contributed by atoms with E-state index in [1.165, 1.54) is 0 Å². The highest BCUT2D eigenvalue weighted by atomic mass is 16.5. The Morgan fingerprint density at radius 2 is 2.08 bits per heavy atom. The zero-order valence-electron chi connectivity index (χ0n) is 15.3. The molecule has 0 unspecified atom stereocenters. The third-order valence-electron chi connectivity index (χ3n) is 4.58. The summed E-state index contributed by atoms with van der Waals surface area (Å²) in [4.78, 5) is 13.0. The van der Waals surface area contributed by atoms with Gasteiger partial charge < -0.3 is 14.8 Å². The average Bonchev–Trinajstić information content (AvgIpc) is 3.16. The first-order valence-electron chi connectivity index (χ1n) is 9.03. The fourth-order valence-corrected chi connectivity index (χ4v) is 3.19. The summed E-state index contributed by atoms with van der Waals surface area (Å²) in [5.41, 5.74) is 2.66. The molecule has 2 aromatic carbocycles. The van der Waals surface area contributed by atoms with Crippen LogP contribution in [0.1, 0.15) is 30.0 Å². The van der Waals surface area contributed by atoms with Gasteiger partial charge in [0.05, 0.1) is 18.9 Å². The van der Waals surface area contributed by atoms with E-state index in [0.29, 0.717) is 18.0 Å². The zero-order chi connectivity index (χ0) is 18.4. The predicted molar refractivity (Wildman–Crippen MR) is 103 cm³/mol. The third-order valence-corrected chi connectivity index (χ3v) is 4.58. The quantitative estimate of drug-likeness (QED) is 0.799. The molecule has 5 heteroatoms. The Hall–Kier alpha value is -2.37. The number of anilines is 1. The van der Waals surface area contributed by atoms with Crippen LogP contribution in [0.3, 0.4) is 0 Å². The van der Waals surface area contributed by atoms with Gasteiger partial charge in [0.25, 0.3) is 0 Å². The van der Waals surface area contributed by atoms with Crippen LogP contribution in [0.15, 0.2) is 48.5 Å². The molecule has 0 aliphatic carbocycles. The minimum Gasteiger partial charge on any atom is -0.495 e. The number of hydrogen-bond acceptors (Lipinski definition) is 4. The summed E-state index contributed by atoms with van der Waals surface area (Å²) < 4.78 is 11.0. The fraction of sp³-hybridized carbons (Fsp3) is 0.381. The van der Waals surface area contributed by atoms with Crippen molar-refractivity contribution < 1.29 is 14.3 Å². The molecule has 0 saturated carbocycles. The van der Waals surface area contributed by atoms with Crippen molar-refractivity contribution in [3.8, 4) is 5.75 Å². The topological polar surface area (TPSA) is 59.6 Å². The lowest BCUT2D eigenvalue weighted by Gasteiger charge is -2.21. The average molecular weight is 354 g/mol. The van der Waals surface area contributed by atoms with Crippen LogP contribution in [0.5, 0.6) is 5.75 Å². The molecule has 2 aromatic rings. The number of carbonyl (C=O) groups is 1. The number of amides is 1.